The second kappa shape index (κ2) is 6.39. The minimum atomic E-state index is 0.157. The van der Waals surface area contributed by atoms with Gasteiger partial charge in [0, 0.05) is 12.1 Å². The molecule has 13 heavy (non-hydrogen) atoms. The Morgan fingerprint density at radius 3 is 2.31 bits per heavy atom. The zero-order valence-corrected chi connectivity index (χ0v) is 9.56. The van der Waals surface area contributed by atoms with Crippen LogP contribution in [0.1, 0.15) is 46.5 Å². The summed E-state index contributed by atoms with van der Waals surface area (Å²) < 4.78 is 0. The first kappa shape index (κ1) is 12.9. The smallest absolute Gasteiger partial charge is 0.0448 e. The Morgan fingerprint density at radius 1 is 1.38 bits per heavy atom. The second-order valence-corrected chi connectivity index (χ2v) is 4.08. The summed E-state index contributed by atoms with van der Waals surface area (Å²) >= 11 is 0. The van der Waals surface area contributed by atoms with E-state index in [9.17, 15) is 0 Å². The summed E-state index contributed by atoms with van der Waals surface area (Å²) in [6.45, 7) is 6.97. The Balaban J connectivity index is 4.19. The zero-order valence-electron chi connectivity index (χ0n) is 9.56. The quantitative estimate of drug-likeness (QED) is 0.640. The van der Waals surface area contributed by atoms with Crippen LogP contribution in [0.2, 0.25) is 0 Å². The van der Waals surface area contributed by atoms with Crippen molar-refractivity contribution >= 4 is 0 Å². The molecule has 0 amide bonds. The van der Waals surface area contributed by atoms with Gasteiger partial charge in [0.05, 0.1) is 0 Å². The number of rotatable bonds is 7. The minimum absolute atomic E-state index is 0.157. The number of aliphatic hydroxyl groups excluding tert-OH is 1. The largest absolute Gasteiger partial charge is 0.396 e. The molecule has 80 valence electrons. The second-order valence-electron chi connectivity index (χ2n) is 4.08. The molecule has 2 atom stereocenters. The van der Waals surface area contributed by atoms with E-state index in [2.05, 4.69) is 26.1 Å². The Hall–Kier alpha value is -0.0800. The molecule has 0 aliphatic carbocycles. The lowest BCUT2D eigenvalue weighted by Gasteiger charge is -2.34. The van der Waals surface area contributed by atoms with Crippen LogP contribution in [0.3, 0.4) is 0 Å². The van der Waals surface area contributed by atoms with E-state index in [1.807, 2.05) is 7.05 Å². The van der Waals surface area contributed by atoms with E-state index in [4.69, 9.17) is 5.11 Å². The maximum absolute atomic E-state index is 9.01. The molecule has 0 saturated heterocycles. The van der Waals surface area contributed by atoms with E-state index in [1.165, 1.54) is 6.42 Å². The van der Waals surface area contributed by atoms with Crippen molar-refractivity contribution in [1.82, 2.24) is 5.32 Å². The van der Waals surface area contributed by atoms with Gasteiger partial charge in [0.15, 0.2) is 0 Å². The normalized spacial score (nSPS) is 18.2. The first-order valence-corrected chi connectivity index (χ1v) is 5.43. The van der Waals surface area contributed by atoms with Gasteiger partial charge in [0.1, 0.15) is 0 Å². The molecule has 0 aliphatic rings. The molecule has 0 saturated carbocycles. The molecule has 0 spiro atoms. The summed E-state index contributed by atoms with van der Waals surface area (Å²) in [4.78, 5) is 0. The molecule has 0 aromatic carbocycles. The first-order valence-electron chi connectivity index (χ1n) is 5.43. The van der Waals surface area contributed by atoms with Gasteiger partial charge in [0.25, 0.3) is 0 Å². The van der Waals surface area contributed by atoms with Crippen molar-refractivity contribution < 1.29 is 5.11 Å². The lowest BCUT2D eigenvalue weighted by molar-refractivity contribution is 0.183. The highest BCUT2D eigenvalue weighted by Crippen LogP contribution is 2.25. The van der Waals surface area contributed by atoms with Crippen molar-refractivity contribution in [2.45, 2.75) is 52.0 Å². The summed E-state index contributed by atoms with van der Waals surface area (Å²) in [7, 11) is 2.00. The van der Waals surface area contributed by atoms with Gasteiger partial charge >= 0.3 is 0 Å². The van der Waals surface area contributed by atoms with Crippen LogP contribution in [0.4, 0.5) is 0 Å². The van der Waals surface area contributed by atoms with E-state index >= 15 is 0 Å². The van der Waals surface area contributed by atoms with E-state index in [0.29, 0.717) is 0 Å². The monoisotopic (exact) mass is 187 g/mol. The molecule has 0 aromatic heterocycles. The lowest BCUT2D eigenvalue weighted by atomic mass is 9.82. The third-order valence-corrected chi connectivity index (χ3v) is 3.23. The third kappa shape index (κ3) is 4.10. The van der Waals surface area contributed by atoms with E-state index in [1.54, 1.807) is 0 Å². The third-order valence-electron chi connectivity index (χ3n) is 3.23. The van der Waals surface area contributed by atoms with Crippen LogP contribution in [0, 0.1) is 5.92 Å². The first-order chi connectivity index (χ1) is 6.14. The molecule has 2 nitrogen and oxygen atoms in total. The molecular formula is C11H25NO. The Kier molecular flexibility index (Phi) is 6.35. The number of hydrogen-bond acceptors (Lipinski definition) is 2. The van der Waals surface area contributed by atoms with Crippen LogP contribution in [0.15, 0.2) is 0 Å². The highest BCUT2D eigenvalue weighted by Gasteiger charge is 2.26. The highest BCUT2D eigenvalue weighted by atomic mass is 16.3. The molecule has 0 fully saturated rings. The number of aliphatic hydroxyl groups is 1. The van der Waals surface area contributed by atoms with Crippen LogP contribution < -0.4 is 5.32 Å². The van der Waals surface area contributed by atoms with Gasteiger partial charge in [-0.1, -0.05) is 27.2 Å². The predicted octanol–water partition coefficient (Wildman–Crippen LogP) is 2.17. The van der Waals surface area contributed by atoms with Gasteiger partial charge in [-0.3, -0.25) is 0 Å². The van der Waals surface area contributed by atoms with Crippen LogP contribution in [0.5, 0.6) is 0 Å². The fraction of sp³-hybridized carbons (Fsp3) is 1.00. The molecule has 0 rings (SSSR count). The highest BCUT2D eigenvalue weighted by molar-refractivity contribution is 4.86. The van der Waals surface area contributed by atoms with Crippen molar-refractivity contribution in [3.63, 3.8) is 0 Å². The van der Waals surface area contributed by atoms with Crippen molar-refractivity contribution in [3.05, 3.63) is 0 Å². The maximum atomic E-state index is 9.01. The molecule has 2 N–H and O–H groups in total. The Morgan fingerprint density at radius 2 is 2.00 bits per heavy atom. The summed E-state index contributed by atoms with van der Waals surface area (Å²) in [5.74, 6) is 0.735. The van der Waals surface area contributed by atoms with Gasteiger partial charge < -0.3 is 10.4 Å². The van der Waals surface area contributed by atoms with E-state index in [0.717, 1.165) is 25.2 Å². The van der Waals surface area contributed by atoms with Crippen molar-refractivity contribution in [1.29, 1.82) is 0 Å². The predicted molar refractivity (Wildman–Crippen MR) is 57.9 cm³/mol. The van der Waals surface area contributed by atoms with Gasteiger partial charge in [-0.15, -0.1) is 0 Å². The fourth-order valence-electron chi connectivity index (χ4n) is 1.85. The van der Waals surface area contributed by atoms with Crippen molar-refractivity contribution in [2.24, 2.45) is 5.92 Å². The molecule has 0 bridgehead atoms. The van der Waals surface area contributed by atoms with Gasteiger partial charge in [-0.2, -0.15) is 0 Å². The molecular weight excluding hydrogens is 162 g/mol. The van der Waals surface area contributed by atoms with Crippen molar-refractivity contribution in [3.8, 4) is 0 Å². The standard InChI is InChI=1S/C11H25NO/c1-5-10(3)9-11(6-2,12-4)7-8-13/h10,12-13H,5-9H2,1-4H3. The molecule has 0 radical (unpaired) electrons. The molecule has 0 aromatic rings. The topological polar surface area (TPSA) is 32.3 Å². The number of nitrogens with one attached hydrogen (secondary N) is 1. The zero-order chi connectivity index (χ0) is 10.3. The summed E-state index contributed by atoms with van der Waals surface area (Å²) in [5.41, 5.74) is 0.157. The molecule has 0 aliphatic heterocycles. The Labute approximate surface area is 82.7 Å². The maximum Gasteiger partial charge on any atom is 0.0448 e. The molecule has 2 heteroatoms. The van der Waals surface area contributed by atoms with Crippen LogP contribution >= 0.6 is 0 Å². The van der Waals surface area contributed by atoms with Gasteiger partial charge in [-0.25, -0.2) is 0 Å². The summed E-state index contributed by atoms with van der Waals surface area (Å²) in [6.07, 6.45) is 4.34. The van der Waals surface area contributed by atoms with Gasteiger partial charge in [-0.05, 0) is 32.2 Å². The molecule has 2 unspecified atom stereocenters. The Bertz CT molecular complexity index is 121. The van der Waals surface area contributed by atoms with Gasteiger partial charge in [0.2, 0.25) is 0 Å². The average molecular weight is 187 g/mol. The van der Waals surface area contributed by atoms with Crippen LogP contribution in [-0.4, -0.2) is 24.3 Å². The van der Waals surface area contributed by atoms with Crippen LogP contribution in [-0.2, 0) is 0 Å². The average Bonchev–Trinajstić information content (AvgIpc) is 2.17. The van der Waals surface area contributed by atoms with Crippen molar-refractivity contribution in [2.75, 3.05) is 13.7 Å². The SMILES string of the molecule is CCC(C)CC(CC)(CCO)NC. The summed E-state index contributed by atoms with van der Waals surface area (Å²) in [6, 6.07) is 0. The van der Waals surface area contributed by atoms with Crippen LogP contribution in [0.25, 0.3) is 0 Å². The number of hydrogen-bond donors (Lipinski definition) is 2. The van der Waals surface area contributed by atoms with E-state index in [-0.39, 0.29) is 12.1 Å². The lowest BCUT2D eigenvalue weighted by Crippen LogP contribution is -2.44. The van der Waals surface area contributed by atoms with E-state index < -0.39 is 0 Å². The molecule has 0 heterocycles. The summed E-state index contributed by atoms with van der Waals surface area (Å²) in [5, 5.41) is 12.4. The minimum Gasteiger partial charge on any atom is -0.396 e. The fourth-order valence-corrected chi connectivity index (χ4v) is 1.85.